The zero-order chi connectivity index (χ0) is 86.8. The molecule has 0 aliphatic carbocycles. The molecule has 20 aromatic rings. The van der Waals surface area contributed by atoms with Crippen LogP contribution in [0.5, 0.6) is 0 Å². The van der Waals surface area contributed by atoms with Crippen molar-refractivity contribution in [2.45, 2.75) is 125 Å². The van der Waals surface area contributed by atoms with Gasteiger partial charge in [0.1, 0.15) is 5.82 Å². The van der Waals surface area contributed by atoms with Gasteiger partial charge in [-0.25, -0.2) is 4.98 Å². The van der Waals surface area contributed by atoms with Crippen molar-refractivity contribution in [3.63, 3.8) is 0 Å². The maximum Gasteiger partial charge on any atom is 0.252 e. The van der Waals surface area contributed by atoms with Gasteiger partial charge in [-0.2, -0.15) is 0 Å². The summed E-state index contributed by atoms with van der Waals surface area (Å²) in [6.45, 7) is 32.2. The highest BCUT2D eigenvalue weighted by Crippen LogP contribution is 2.53. The highest BCUT2D eigenvalue weighted by atomic mass is 15.2. The summed E-state index contributed by atoms with van der Waals surface area (Å²) in [5.41, 5.74) is 38.0. The highest BCUT2D eigenvalue weighted by Gasteiger charge is 2.46. The number of nitrogens with zero attached hydrogens (tertiary/aromatic N) is 6. The van der Waals surface area contributed by atoms with E-state index in [0.29, 0.717) is 5.92 Å². The Bertz CT molecular complexity index is 7570. The standard InChI is InChI=1S/C120H103BN6/c1-75(2)80-40-31-41-81(60-80)86-66-103(122-115(67-86)127-110-70-89(119(9,10)11)48-53-96(110)97-54-49-90(71-111(97)127)120(12,13)14)83-47-57-109-102(65-83)121-101-55-52-91(123-104-44-29-27-42-94(104)95-43-28-30-45-105(95)123)72-112(101)125(92-62-84(77-34-21-16-22-35-77)61-85(63-92)78-36-23-17-24-37-78)113-73-93(124-107-58-50-87(117(3,4)5)68-99(107)100-69-88(118(6,7)8)51-59-108(100)124)74-114(116(113)121)126(109)106-56-46-82(76-32-19-15-20-33-76)64-98(106)79-38-25-18-26-39-79/h15-75H,1-14H3. The first-order chi connectivity index (χ1) is 61.3. The van der Waals surface area contributed by atoms with Gasteiger partial charge in [0.15, 0.2) is 0 Å². The molecular weight excluding hydrogens is 1540 g/mol. The van der Waals surface area contributed by atoms with Crippen LogP contribution in [0.25, 0.3) is 150 Å². The van der Waals surface area contributed by atoms with Crippen molar-refractivity contribution >= 4 is 123 Å². The number of benzene rings is 16. The largest absolute Gasteiger partial charge is 0.311 e. The molecule has 0 spiro atoms. The molecule has 0 atom stereocenters. The number of pyridine rings is 1. The van der Waals surface area contributed by atoms with Crippen molar-refractivity contribution in [2.75, 3.05) is 9.80 Å². The van der Waals surface area contributed by atoms with Crippen LogP contribution < -0.4 is 26.2 Å². The number of hydrogen-bond acceptors (Lipinski definition) is 3. The van der Waals surface area contributed by atoms with Crippen LogP contribution in [0, 0.1) is 0 Å². The fourth-order valence-electron chi connectivity index (χ4n) is 20.3. The van der Waals surface area contributed by atoms with E-state index >= 15 is 0 Å². The third kappa shape index (κ3) is 13.4. The van der Waals surface area contributed by atoms with Crippen LogP contribution >= 0.6 is 0 Å². The SMILES string of the molecule is CC(C)c1cccc(-c2cc(-c3ccc4c(c3)B3c5ccc(-n6c7ccccc7c7ccccc76)cc5N(c5cc(-c6ccccc6)cc(-c6ccccc6)c5)c5cc(-n6c7ccc(C(C)(C)C)cc7c7cc(C(C)(C)C)ccc76)cc(c53)N4c3ccc(-c4ccccc4)cc3-c3ccccc3)nc(-n3c4cc(C(C)(C)C)ccc4c4ccc(C(C)(C)C)cc43)c2)c1. The Kier molecular flexibility index (Phi) is 18.4. The lowest BCUT2D eigenvalue weighted by atomic mass is 9.33. The molecule has 0 N–H and O–H groups in total. The van der Waals surface area contributed by atoms with E-state index in [1.807, 2.05) is 0 Å². The molecule has 16 aromatic carbocycles. The molecule has 2 aliphatic rings. The maximum atomic E-state index is 6.17. The van der Waals surface area contributed by atoms with E-state index in [-0.39, 0.29) is 28.4 Å². The second-order valence-electron chi connectivity index (χ2n) is 39.8. The second-order valence-corrected chi connectivity index (χ2v) is 39.8. The molecule has 0 saturated carbocycles. The molecule has 4 aromatic heterocycles. The Morgan fingerprint density at radius 3 is 1.24 bits per heavy atom. The van der Waals surface area contributed by atoms with Gasteiger partial charge in [-0.05, 0) is 249 Å². The topological polar surface area (TPSA) is 34.2 Å². The van der Waals surface area contributed by atoms with Crippen LogP contribution in [-0.2, 0) is 21.7 Å². The van der Waals surface area contributed by atoms with Crippen LogP contribution in [0.1, 0.15) is 131 Å². The van der Waals surface area contributed by atoms with Gasteiger partial charge in [-0.15, -0.1) is 0 Å². The van der Waals surface area contributed by atoms with Gasteiger partial charge < -0.3 is 18.9 Å². The summed E-state index contributed by atoms with van der Waals surface area (Å²) in [4.78, 5) is 11.5. The molecule has 7 heteroatoms. The van der Waals surface area contributed by atoms with Gasteiger partial charge in [0.25, 0.3) is 6.71 Å². The summed E-state index contributed by atoms with van der Waals surface area (Å²) in [5, 5.41) is 7.28. The highest BCUT2D eigenvalue weighted by molar-refractivity contribution is 7.00. The summed E-state index contributed by atoms with van der Waals surface area (Å²) < 4.78 is 7.59. The fourth-order valence-corrected chi connectivity index (χ4v) is 20.3. The number of aromatic nitrogens is 4. The molecule has 0 radical (unpaired) electrons. The molecule has 0 amide bonds. The lowest BCUT2D eigenvalue weighted by molar-refractivity contribution is 0.590. The molecule has 22 rings (SSSR count). The quantitative estimate of drug-likeness (QED) is 0.114. The Morgan fingerprint density at radius 1 is 0.244 bits per heavy atom. The van der Waals surface area contributed by atoms with Crippen molar-refractivity contribution in [1.82, 2.24) is 18.7 Å². The molecule has 2 aliphatic heterocycles. The predicted molar refractivity (Wildman–Crippen MR) is 543 cm³/mol. The van der Waals surface area contributed by atoms with Gasteiger partial charge in [-0.1, -0.05) is 340 Å². The van der Waals surface area contributed by atoms with E-state index in [9.17, 15) is 0 Å². The summed E-state index contributed by atoms with van der Waals surface area (Å²) in [7, 11) is 0. The first kappa shape index (κ1) is 78.7. The number of hydrogen-bond donors (Lipinski definition) is 0. The Hall–Kier alpha value is -14.3. The third-order valence-corrected chi connectivity index (χ3v) is 27.2. The van der Waals surface area contributed by atoms with E-state index in [2.05, 4.69) is 484 Å². The molecule has 0 fully saturated rings. The van der Waals surface area contributed by atoms with Crippen molar-refractivity contribution in [1.29, 1.82) is 0 Å². The van der Waals surface area contributed by atoms with Crippen molar-refractivity contribution in [3.05, 3.63) is 392 Å². The minimum absolute atomic E-state index is 0.117. The van der Waals surface area contributed by atoms with Gasteiger partial charge in [0.05, 0.1) is 50.2 Å². The number of rotatable bonds is 12. The van der Waals surface area contributed by atoms with Gasteiger partial charge >= 0.3 is 0 Å². The van der Waals surface area contributed by atoms with E-state index < -0.39 is 0 Å². The first-order valence-corrected chi connectivity index (χ1v) is 45.2. The smallest absolute Gasteiger partial charge is 0.252 e. The molecule has 0 unspecified atom stereocenters. The molecule has 6 heterocycles. The number of para-hydroxylation sites is 2. The zero-order valence-electron chi connectivity index (χ0n) is 75.0. The van der Waals surface area contributed by atoms with Gasteiger partial charge in [-0.3, -0.25) is 4.57 Å². The van der Waals surface area contributed by atoms with Crippen molar-refractivity contribution < 1.29 is 0 Å². The Morgan fingerprint density at radius 2 is 0.685 bits per heavy atom. The van der Waals surface area contributed by atoms with Crippen LogP contribution in [0.2, 0.25) is 0 Å². The minimum atomic E-state index is -0.366. The summed E-state index contributed by atoms with van der Waals surface area (Å²) in [6, 6.07) is 139. The molecular formula is C120H103BN6. The Balaban J connectivity index is 0.900. The fraction of sp³-hybridized carbons (Fsp3) is 0.158. The van der Waals surface area contributed by atoms with Crippen LogP contribution in [0.15, 0.2) is 364 Å². The predicted octanol–water partition coefficient (Wildman–Crippen LogP) is 30.8. The van der Waals surface area contributed by atoms with E-state index in [1.54, 1.807) is 0 Å². The minimum Gasteiger partial charge on any atom is -0.311 e. The average Bonchev–Trinajstić information content (AvgIpc) is 1.15. The van der Waals surface area contributed by atoms with E-state index in [0.717, 1.165) is 157 Å². The molecule has 616 valence electrons. The molecule has 127 heavy (non-hydrogen) atoms. The van der Waals surface area contributed by atoms with Gasteiger partial charge in [0, 0.05) is 72.0 Å². The summed E-state index contributed by atoms with van der Waals surface area (Å²) >= 11 is 0. The number of anilines is 6. The summed E-state index contributed by atoms with van der Waals surface area (Å²) in [5.74, 6) is 1.17. The van der Waals surface area contributed by atoms with E-state index in [4.69, 9.17) is 4.98 Å². The van der Waals surface area contributed by atoms with Crippen molar-refractivity contribution in [2.24, 2.45) is 0 Å². The zero-order valence-corrected chi connectivity index (χ0v) is 75.0. The van der Waals surface area contributed by atoms with Crippen LogP contribution in [0.3, 0.4) is 0 Å². The average molecular weight is 1640 g/mol. The lowest BCUT2D eigenvalue weighted by Gasteiger charge is -2.45. The third-order valence-electron chi connectivity index (χ3n) is 27.2. The maximum absolute atomic E-state index is 6.17. The first-order valence-electron chi connectivity index (χ1n) is 45.2. The molecule has 6 nitrogen and oxygen atoms in total. The monoisotopic (exact) mass is 1640 g/mol. The van der Waals surface area contributed by atoms with Gasteiger partial charge in [0.2, 0.25) is 0 Å². The number of fused-ring (bicyclic) bond motifs is 13. The normalized spacial score (nSPS) is 13.0. The van der Waals surface area contributed by atoms with E-state index in [1.165, 1.54) is 71.1 Å². The Labute approximate surface area is 746 Å². The second kappa shape index (κ2) is 29.7. The van der Waals surface area contributed by atoms with Crippen molar-refractivity contribution in [3.8, 4) is 84.1 Å². The van der Waals surface area contributed by atoms with Crippen LogP contribution in [-0.4, -0.2) is 25.4 Å². The molecule has 0 bridgehead atoms. The molecule has 0 saturated heterocycles. The summed E-state index contributed by atoms with van der Waals surface area (Å²) in [6.07, 6.45) is 0. The lowest BCUT2D eigenvalue weighted by Crippen LogP contribution is -2.61. The van der Waals surface area contributed by atoms with Crippen LogP contribution in [0.4, 0.5) is 34.1 Å².